The van der Waals surface area contributed by atoms with Crippen molar-refractivity contribution in [2.24, 2.45) is 11.3 Å². The van der Waals surface area contributed by atoms with Crippen LogP contribution in [0.5, 0.6) is 5.75 Å². The van der Waals surface area contributed by atoms with Gasteiger partial charge in [-0.15, -0.1) is 11.3 Å². The van der Waals surface area contributed by atoms with Crippen LogP contribution in [0.3, 0.4) is 0 Å². The fraction of sp³-hybridized carbons (Fsp3) is 0.385. The zero-order valence-electron chi connectivity index (χ0n) is 19.5. The molecule has 2 aliphatic rings. The first-order valence-corrected chi connectivity index (χ1v) is 12.5. The monoisotopic (exact) mass is 529 g/mol. The summed E-state index contributed by atoms with van der Waals surface area (Å²) in [5, 5.41) is 3.34. The molecule has 2 unspecified atom stereocenters. The minimum atomic E-state index is -0.425. The Hall–Kier alpha value is -2.38. The van der Waals surface area contributed by atoms with Crippen molar-refractivity contribution in [3.8, 4) is 5.75 Å². The second kappa shape index (κ2) is 9.11. The quantitative estimate of drug-likeness (QED) is 0.479. The topological polar surface area (TPSA) is 64.6 Å². The third kappa shape index (κ3) is 4.66. The largest absolute Gasteiger partial charge is 0.488 e. The molecule has 0 fully saturated rings. The van der Waals surface area contributed by atoms with Crippen LogP contribution in [0.2, 0.25) is 0 Å². The van der Waals surface area contributed by atoms with Gasteiger partial charge in [0.05, 0.1) is 23.1 Å². The highest BCUT2D eigenvalue weighted by molar-refractivity contribution is 9.10. The lowest BCUT2D eigenvalue weighted by atomic mass is 9.68. The number of thiophene rings is 1. The number of Topliss-reactive ketones (excluding diaryl/α,β-unsaturated/α-hetero) is 1. The number of allylic oxidation sites excluding steroid dienone is 3. The van der Waals surface area contributed by atoms with E-state index in [-0.39, 0.29) is 17.1 Å². The number of carbonyl (C=O) groups excluding carboxylic acids is 2. The lowest BCUT2D eigenvalue weighted by molar-refractivity contribution is -0.136. The van der Waals surface area contributed by atoms with Gasteiger partial charge < -0.3 is 14.8 Å². The Bertz CT molecular complexity index is 1180. The van der Waals surface area contributed by atoms with E-state index >= 15 is 0 Å². The van der Waals surface area contributed by atoms with Crippen molar-refractivity contribution in [3.63, 3.8) is 0 Å². The number of hydrogen-bond acceptors (Lipinski definition) is 6. The van der Waals surface area contributed by atoms with Gasteiger partial charge in [-0.25, -0.2) is 4.79 Å². The van der Waals surface area contributed by atoms with Crippen LogP contribution < -0.4 is 10.1 Å². The molecule has 4 rings (SSSR count). The minimum Gasteiger partial charge on any atom is -0.488 e. The number of halogens is 1. The lowest BCUT2D eigenvalue weighted by Crippen LogP contribution is -2.43. The summed E-state index contributed by atoms with van der Waals surface area (Å²) in [6, 6.07) is 9.81. The zero-order valence-corrected chi connectivity index (χ0v) is 21.9. The van der Waals surface area contributed by atoms with Gasteiger partial charge in [0, 0.05) is 39.1 Å². The number of ketones is 1. The molecule has 0 amide bonds. The molecular formula is C26H28BrNO4S. The predicted octanol–water partition coefficient (Wildman–Crippen LogP) is 6.03. The van der Waals surface area contributed by atoms with Crippen LogP contribution in [0.25, 0.3) is 0 Å². The van der Waals surface area contributed by atoms with Crippen molar-refractivity contribution in [3.05, 3.63) is 73.2 Å². The van der Waals surface area contributed by atoms with E-state index in [1.165, 1.54) is 7.11 Å². The number of esters is 1. The Morgan fingerprint density at radius 3 is 2.67 bits per heavy atom. The Morgan fingerprint density at radius 1 is 1.24 bits per heavy atom. The summed E-state index contributed by atoms with van der Waals surface area (Å²) in [6.07, 6.45) is 2.58. The summed E-state index contributed by atoms with van der Waals surface area (Å²) in [5.74, 6) is -0.299. The number of aryl methyl sites for hydroxylation is 1. The van der Waals surface area contributed by atoms with Gasteiger partial charge in [-0.1, -0.05) is 32.1 Å². The van der Waals surface area contributed by atoms with E-state index in [9.17, 15) is 9.59 Å². The molecule has 1 N–H and O–H groups in total. The van der Waals surface area contributed by atoms with E-state index in [1.807, 2.05) is 38.1 Å². The highest BCUT2D eigenvalue weighted by Crippen LogP contribution is 2.49. The second-order valence-electron chi connectivity index (χ2n) is 9.29. The molecular weight excluding hydrogens is 502 g/mol. The molecule has 0 bridgehead atoms. The van der Waals surface area contributed by atoms with Gasteiger partial charge >= 0.3 is 5.97 Å². The molecule has 0 spiro atoms. The molecule has 0 radical (unpaired) electrons. The van der Waals surface area contributed by atoms with Gasteiger partial charge in [-0.2, -0.15) is 0 Å². The average Bonchev–Trinajstić information content (AvgIpc) is 3.11. The molecule has 1 aliphatic heterocycles. The van der Waals surface area contributed by atoms with Gasteiger partial charge in [0.1, 0.15) is 18.1 Å². The Morgan fingerprint density at radius 2 is 1.97 bits per heavy atom. The van der Waals surface area contributed by atoms with E-state index in [2.05, 4.69) is 47.2 Å². The number of hydrogen-bond donors (Lipinski definition) is 1. The summed E-state index contributed by atoms with van der Waals surface area (Å²) in [6.45, 7) is 8.45. The molecule has 2 aromatic rings. The summed E-state index contributed by atoms with van der Waals surface area (Å²) >= 11 is 5.13. The van der Waals surface area contributed by atoms with Gasteiger partial charge in [-0.3, -0.25) is 4.79 Å². The van der Waals surface area contributed by atoms with Crippen LogP contribution in [0.1, 0.15) is 48.4 Å². The molecule has 5 nitrogen and oxygen atoms in total. The van der Waals surface area contributed by atoms with Crippen molar-refractivity contribution in [1.82, 2.24) is 5.32 Å². The normalized spacial score (nSPS) is 21.8. The minimum absolute atomic E-state index is 0.140. The van der Waals surface area contributed by atoms with E-state index in [4.69, 9.17) is 9.47 Å². The first kappa shape index (κ1) is 23.8. The Kier molecular flexibility index (Phi) is 6.56. The summed E-state index contributed by atoms with van der Waals surface area (Å²) < 4.78 is 12.1. The molecule has 0 saturated heterocycles. The van der Waals surface area contributed by atoms with E-state index in [0.29, 0.717) is 18.6 Å². The van der Waals surface area contributed by atoms with Gasteiger partial charge in [0.15, 0.2) is 0 Å². The van der Waals surface area contributed by atoms with Crippen LogP contribution in [0.4, 0.5) is 0 Å². The highest BCUT2D eigenvalue weighted by atomic mass is 79.9. The van der Waals surface area contributed by atoms with Crippen molar-refractivity contribution < 1.29 is 19.1 Å². The number of methoxy groups -OCH3 is 1. The van der Waals surface area contributed by atoms with Crippen LogP contribution in [0, 0.1) is 18.3 Å². The number of benzene rings is 1. The highest BCUT2D eigenvalue weighted by Gasteiger charge is 2.46. The van der Waals surface area contributed by atoms with Crippen molar-refractivity contribution in [1.29, 1.82) is 0 Å². The first-order chi connectivity index (χ1) is 15.6. The van der Waals surface area contributed by atoms with Gasteiger partial charge in [0.2, 0.25) is 0 Å². The second-order valence-corrected chi connectivity index (χ2v) is 11.4. The molecule has 1 aliphatic carbocycles. The number of ether oxygens (including phenoxy) is 2. The van der Waals surface area contributed by atoms with Gasteiger partial charge in [-0.05, 0) is 53.4 Å². The fourth-order valence-corrected chi connectivity index (χ4v) is 6.30. The molecule has 7 heteroatoms. The number of fused-ring (bicyclic) bond motifs is 1. The molecule has 1 aromatic carbocycles. The third-order valence-corrected chi connectivity index (χ3v) is 8.04. The van der Waals surface area contributed by atoms with E-state index in [0.717, 1.165) is 36.9 Å². The van der Waals surface area contributed by atoms with Gasteiger partial charge in [0.25, 0.3) is 0 Å². The number of nitrogens with one attached hydrogen (secondary N) is 1. The van der Waals surface area contributed by atoms with E-state index in [1.54, 1.807) is 11.3 Å². The van der Waals surface area contributed by atoms with Crippen LogP contribution >= 0.6 is 27.3 Å². The standard InChI is InChI=1S/C26H28BrNO4S/c1-14-22(25(30)31-5)24(23-18(28-14)11-26(3,4)12-19(23)29)21-10-16(15(2)33-21)13-32-20-9-7-6-8-17(20)27/h6-11,23-24,28H,12-13H2,1-5H3. The van der Waals surface area contributed by atoms with Crippen LogP contribution in [-0.2, 0) is 20.9 Å². The first-order valence-electron chi connectivity index (χ1n) is 10.9. The molecule has 2 heterocycles. The molecule has 2 atom stereocenters. The zero-order chi connectivity index (χ0) is 23.9. The SMILES string of the molecule is COC(=O)C1=C(C)NC2=CC(C)(C)CC(=O)C2C1c1cc(COc2ccccc2Br)c(C)s1. The third-order valence-electron chi connectivity index (χ3n) is 6.21. The number of rotatable bonds is 5. The van der Waals surface area contributed by atoms with Crippen molar-refractivity contribution in [2.75, 3.05) is 7.11 Å². The summed E-state index contributed by atoms with van der Waals surface area (Å²) in [5.41, 5.74) is 2.95. The van der Waals surface area contributed by atoms with Crippen LogP contribution in [0.15, 0.2) is 57.8 Å². The lowest BCUT2D eigenvalue weighted by Gasteiger charge is -2.40. The number of para-hydroxylation sites is 1. The Balaban J connectivity index is 1.74. The molecule has 1 aromatic heterocycles. The average molecular weight is 530 g/mol. The summed E-state index contributed by atoms with van der Waals surface area (Å²) in [4.78, 5) is 28.3. The van der Waals surface area contributed by atoms with E-state index < -0.39 is 11.9 Å². The van der Waals surface area contributed by atoms with Crippen LogP contribution in [-0.4, -0.2) is 18.9 Å². The maximum absolute atomic E-state index is 13.4. The van der Waals surface area contributed by atoms with Crippen molar-refractivity contribution >= 4 is 39.0 Å². The maximum atomic E-state index is 13.4. The fourth-order valence-electron chi connectivity index (χ4n) is 4.71. The number of carbonyl (C=O) groups is 2. The smallest absolute Gasteiger partial charge is 0.336 e. The molecule has 174 valence electrons. The summed E-state index contributed by atoms with van der Waals surface area (Å²) in [7, 11) is 1.38. The molecule has 0 saturated carbocycles. The predicted molar refractivity (Wildman–Crippen MR) is 133 cm³/mol. The van der Waals surface area contributed by atoms with Crippen molar-refractivity contribution in [2.45, 2.75) is 46.6 Å². The Labute approximate surface area is 207 Å². The maximum Gasteiger partial charge on any atom is 0.336 e. The molecule has 33 heavy (non-hydrogen) atoms.